The number of hydrogen-bond donors (Lipinski definition) is 2. The Balaban J connectivity index is 4.61. The van der Waals surface area contributed by atoms with E-state index in [-0.39, 0.29) is 0 Å². The SMILES string of the molecule is CC(C(=O)O)S(=O)(=O)NC#N. The number of hydrogen-bond acceptors (Lipinski definition) is 4. The molecule has 0 rings (SSSR count). The summed E-state index contributed by atoms with van der Waals surface area (Å²) in [4.78, 5) is 10.1. The van der Waals surface area contributed by atoms with Crippen molar-refractivity contribution in [3.8, 4) is 6.19 Å². The summed E-state index contributed by atoms with van der Waals surface area (Å²) in [7, 11) is -4.02. The second-order valence-corrected chi connectivity index (χ2v) is 3.74. The molecule has 0 aliphatic carbocycles. The molecule has 0 saturated carbocycles. The highest BCUT2D eigenvalue weighted by Gasteiger charge is 2.26. The van der Waals surface area contributed by atoms with Crippen molar-refractivity contribution < 1.29 is 18.3 Å². The van der Waals surface area contributed by atoms with Crippen molar-refractivity contribution in [2.24, 2.45) is 0 Å². The first-order chi connectivity index (χ1) is 4.91. The summed E-state index contributed by atoms with van der Waals surface area (Å²) in [6.07, 6.45) is 1.14. The summed E-state index contributed by atoms with van der Waals surface area (Å²) < 4.78 is 22.7. The van der Waals surface area contributed by atoms with Gasteiger partial charge in [0.2, 0.25) is 0 Å². The van der Waals surface area contributed by atoms with Crippen molar-refractivity contribution in [3.63, 3.8) is 0 Å². The highest BCUT2D eigenvalue weighted by atomic mass is 32.2. The smallest absolute Gasteiger partial charge is 0.323 e. The zero-order valence-corrected chi connectivity index (χ0v) is 6.42. The van der Waals surface area contributed by atoms with E-state index in [1.54, 1.807) is 0 Å². The third kappa shape index (κ3) is 2.43. The molecule has 1 atom stereocenters. The lowest BCUT2D eigenvalue weighted by atomic mass is 10.5. The lowest BCUT2D eigenvalue weighted by molar-refractivity contribution is -0.136. The fourth-order valence-electron chi connectivity index (χ4n) is 0.285. The Labute approximate surface area is 63.5 Å². The van der Waals surface area contributed by atoms with Crippen LogP contribution >= 0.6 is 0 Å². The third-order valence-corrected chi connectivity index (χ3v) is 2.51. The normalized spacial score (nSPS) is 13.1. The predicted octanol–water partition coefficient (Wildman–Crippen LogP) is -1.14. The molecule has 0 aliphatic heterocycles. The Kier molecular flexibility index (Phi) is 2.83. The molecule has 11 heavy (non-hydrogen) atoms. The highest BCUT2D eigenvalue weighted by molar-refractivity contribution is 7.91. The van der Waals surface area contributed by atoms with Gasteiger partial charge in [0.15, 0.2) is 11.4 Å². The van der Waals surface area contributed by atoms with Crippen LogP contribution < -0.4 is 4.72 Å². The average Bonchev–Trinajstić information content (AvgIpc) is 1.86. The number of nitrogens with one attached hydrogen (secondary N) is 1. The summed E-state index contributed by atoms with van der Waals surface area (Å²) in [6.45, 7) is 0.974. The molecule has 2 N–H and O–H groups in total. The summed E-state index contributed by atoms with van der Waals surface area (Å²) in [5, 5.41) is 14.5. The van der Waals surface area contributed by atoms with Gasteiger partial charge in [0.1, 0.15) is 0 Å². The fourth-order valence-corrected chi connectivity index (χ4v) is 0.854. The molecule has 6 nitrogen and oxygen atoms in total. The van der Waals surface area contributed by atoms with Crippen molar-refractivity contribution in [1.82, 2.24) is 4.72 Å². The first-order valence-corrected chi connectivity index (χ1v) is 4.09. The topological polar surface area (TPSA) is 107 Å². The van der Waals surface area contributed by atoms with Crippen molar-refractivity contribution >= 4 is 16.0 Å². The summed E-state index contributed by atoms with van der Waals surface area (Å²) in [6, 6.07) is 0. The molecule has 0 saturated heterocycles. The number of carboxylic acid groups (broad SMARTS) is 1. The van der Waals surface area contributed by atoms with Crippen LogP contribution in [0.4, 0.5) is 0 Å². The van der Waals surface area contributed by atoms with Gasteiger partial charge in [-0.05, 0) is 6.92 Å². The Morgan fingerprint density at radius 3 is 2.45 bits per heavy atom. The molecule has 0 aliphatic rings. The van der Waals surface area contributed by atoms with Gasteiger partial charge < -0.3 is 5.11 Å². The molecular formula is C4H6N2O4S. The highest BCUT2D eigenvalue weighted by Crippen LogP contribution is 1.96. The van der Waals surface area contributed by atoms with E-state index in [2.05, 4.69) is 0 Å². The number of rotatable bonds is 3. The van der Waals surface area contributed by atoms with E-state index in [0.717, 1.165) is 13.1 Å². The number of carbonyl (C=O) groups is 1. The molecule has 0 radical (unpaired) electrons. The van der Waals surface area contributed by atoms with Gasteiger partial charge >= 0.3 is 5.97 Å². The van der Waals surface area contributed by atoms with E-state index >= 15 is 0 Å². The van der Waals surface area contributed by atoms with Crippen LogP contribution in [0.25, 0.3) is 0 Å². The van der Waals surface area contributed by atoms with E-state index in [1.807, 2.05) is 0 Å². The minimum absolute atomic E-state index is 0.974. The van der Waals surface area contributed by atoms with Crippen LogP contribution in [0.2, 0.25) is 0 Å². The number of nitrogens with zero attached hydrogens (tertiary/aromatic N) is 1. The number of nitriles is 1. The molecule has 0 bridgehead atoms. The quantitative estimate of drug-likeness (QED) is 0.419. The van der Waals surface area contributed by atoms with E-state index in [9.17, 15) is 13.2 Å². The number of sulfonamides is 1. The molecule has 0 spiro atoms. The van der Waals surface area contributed by atoms with Crippen molar-refractivity contribution in [3.05, 3.63) is 0 Å². The second kappa shape index (κ2) is 3.21. The molecule has 0 fully saturated rings. The first-order valence-electron chi connectivity index (χ1n) is 2.54. The molecule has 0 amide bonds. The van der Waals surface area contributed by atoms with Gasteiger partial charge in [-0.15, -0.1) is 0 Å². The van der Waals surface area contributed by atoms with Crippen LogP contribution in [0.3, 0.4) is 0 Å². The lowest BCUT2D eigenvalue weighted by Crippen LogP contribution is -2.34. The Bertz CT molecular complexity index is 288. The first kappa shape index (κ1) is 9.71. The van der Waals surface area contributed by atoms with Gasteiger partial charge in [-0.2, -0.15) is 5.26 Å². The number of aliphatic carboxylic acids is 1. The largest absolute Gasteiger partial charge is 0.480 e. The Morgan fingerprint density at radius 2 is 2.18 bits per heavy atom. The third-order valence-electron chi connectivity index (χ3n) is 1.00. The summed E-state index contributed by atoms with van der Waals surface area (Å²) >= 11 is 0. The zero-order chi connectivity index (χ0) is 9.07. The maximum Gasteiger partial charge on any atom is 0.323 e. The summed E-state index contributed by atoms with van der Waals surface area (Å²) in [5.41, 5.74) is 0. The lowest BCUT2D eigenvalue weighted by Gasteiger charge is -2.03. The molecular weight excluding hydrogens is 172 g/mol. The molecule has 0 aromatic heterocycles. The van der Waals surface area contributed by atoms with Crippen molar-refractivity contribution in [1.29, 1.82) is 5.26 Å². The molecule has 1 unspecified atom stereocenters. The van der Waals surface area contributed by atoms with Crippen LogP contribution in [0, 0.1) is 11.5 Å². The van der Waals surface area contributed by atoms with Crippen molar-refractivity contribution in [2.75, 3.05) is 0 Å². The maximum absolute atomic E-state index is 10.7. The fraction of sp³-hybridized carbons (Fsp3) is 0.500. The van der Waals surface area contributed by atoms with Crippen LogP contribution in [0.5, 0.6) is 0 Å². The molecule has 7 heteroatoms. The van der Waals surface area contributed by atoms with Gasteiger partial charge in [0, 0.05) is 0 Å². The van der Waals surface area contributed by atoms with Crippen molar-refractivity contribution in [2.45, 2.75) is 12.2 Å². The van der Waals surface area contributed by atoms with E-state index in [0.29, 0.717) is 0 Å². The zero-order valence-electron chi connectivity index (χ0n) is 5.60. The monoisotopic (exact) mass is 178 g/mol. The second-order valence-electron chi connectivity index (χ2n) is 1.74. The van der Waals surface area contributed by atoms with Crippen LogP contribution in [0.1, 0.15) is 6.92 Å². The van der Waals surface area contributed by atoms with E-state index in [4.69, 9.17) is 10.4 Å². The summed E-state index contributed by atoms with van der Waals surface area (Å²) in [5.74, 6) is -1.49. The van der Waals surface area contributed by atoms with Gasteiger partial charge in [-0.3, -0.25) is 4.79 Å². The standard InChI is InChI=1S/C4H6N2O4S/c1-3(4(7)8)11(9,10)6-2-5/h3,6H,1H3,(H,7,8). The van der Waals surface area contributed by atoms with E-state index < -0.39 is 21.2 Å². The average molecular weight is 178 g/mol. The van der Waals surface area contributed by atoms with Gasteiger partial charge in [-0.25, -0.2) is 13.1 Å². The predicted molar refractivity (Wildman–Crippen MR) is 34.8 cm³/mol. The van der Waals surface area contributed by atoms with Gasteiger partial charge in [0.25, 0.3) is 10.0 Å². The molecule has 0 heterocycles. The minimum atomic E-state index is -4.02. The van der Waals surface area contributed by atoms with E-state index in [1.165, 1.54) is 4.72 Å². The maximum atomic E-state index is 10.7. The minimum Gasteiger partial charge on any atom is -0.480 e. The molecule has 0 aromatic carbocycles. The molecule has 0 aromatic rings. The van der Waals surface area contributed by atoms with Gasteiger partial charge in [0.05, 0.1) is 0 Å². The Morgan fingerprint density at radius 1 is 1.73 bits per heavy atom. The Hall–Kier alpha value is -1.29. The van der Waals surface area contributed by atoms with Crippen LogP contribution in [-0.4, -0.2) is 24.7 Å². The van der Waals surface area contributed by atoms with Crippen LogP contribution in [0.15, 0.2) is 0 Å². The van der Waals surface area contributed by atoms with Gasteiger partial charge in [-0.1, -0.05) is 0 Å². The van der Waals surface area contributed by atoms with Crippen LogP contribution in [-0.2, 0) is 14.8 Å². The molecule has 62 valence electrons. The number of carboxylic acids is 1.